The molecule has 0 radical (unpaired) electrons. The van der Waals surface area contributed by atoms with E-state index in [1.165, 1.54) is 0 Å². The molecule has 0 amide bonds. The molecule has 3 unspecified atom stereocenters. The Labute approximate surface area is 141 Å². The van der Waals surface area contributed by atoms with Crippen LogP contribution in [0.25, 0.3) is 22.6 Å². The van der Waals surface area contributed by atoms with Gasteiger partial charge in [-0.25, -0.2) is 4.98 Å². The van der Waals surface area contributed by atoms with Crippen molar-refractivity contribution < 1.29 is 14.9 Å². The number of nitrogens with zero attached hydrogens (tertiary/aromatic N) is 3. The largest absolute Gasteiger partial charge is 0.394 e. The van der Waals surface area contributed by atoms with Crippen LogP contribution in [0.2, 0.25) is 0 Å². The summed E-state index contributed by atoms with van der Waals surface area (Å²) in [6.45, 7) is -0.304. The monoisotopic (exact) mass is 343 g/mol. The third-order valence-corrected chi connectivity index (χ3v) is 4.27. The van der Waals surface area contributed by atoms with Gasteiger partial charge in [0.15, 0.2) is 11.2 Å². The maximum absolute atomic E-state index is 12.2. The number of aromatic amines is 1. The van der Waals surface area contributed by atoms with Gasteiger partial charge in [0.2, 0.25) is 5.95 Å². The number of aliphatic hydroxyl groups excluding tert-OH is 2. The maximum atomic E-state index is 12.2. The van der Waals surface area contributed by atoms with E-state index in [1.54, 1.807) is 4.57 Å². The second-order valence-electron chi connectivity index (χ2n) is 5.91. The van der Waals surface area contributed by atoms with Gasteiger partial charge in [-0.05, 0) is 0 Å². The zero-order valence-corrected chi connectivity index (χ0v) is 13.2. The number of hydrogen-bond donors (Lipinski definition) is 4. The number of rotatable bonds is 3. The lowest BCUT2D eigenvalue weighted by molar-refractivity contribution is -0.0426. The summed E-state index contributed by atoms with van der Waals surface area (Å²) in [6, 6.07) is 9.28. The Kier molecular flexibility index (Phi) is 3.75. The number of anilines is 1. The van der Waals surface area contributed by atoms with Gasteiger partial charge in [-0.3, -0.25) is 14.3 Å². The molecule has 3 heterocycles. The molecule has 1 aromatic carbocycles. The molecule has 0 spiro atoms. The average Bonchev–Trinajstić information content (AvgIpc) is 3.16. The van der Waals surface area contributed by atoms with Gasteiger partial charge in [0.25, 0.3) is 5.56 Å². The van der Waals surface area contributed by atoms with E-state index >= 15 is 0 Å². The van der Waals surface area contributed by atoms with Crippen LogP contribution in [0.15, 0.2) is 35.1 Å². The van der Waals surface area contributed by atoms with Crippen LogP contribution >= 0.6 is 0 Å². The lowest BCUT2D eigenvalue weighted by atomic mass is 10.2. The highest BCUT2D eigenvalue weighted by molar-refractivity contribution is 5.77. The van der Waals surface area contributed by atoms with E-state index in [4.69, 9.17) is 10.5 Å². The van der Waals surface area contributed by atoms with Gasteiger partial charge >= 0.3 is 0 Å². The quantitative estimate of drug-likeness (QED) is 0.525. The number of fused-ring (bicyclic) bond motifs is 1. The van der Waals surface area contributed by atoms with Crippen LogP contribution in [-0.2, 0) is 4.74 Å². The van der Waals surface area contributed by atoms with Crippen LogP contribution in [-0.4, -0.2) is 48.5 Å². The summed E-state index contributed by atoms with van der Waals surface area (Å²) in [4.78, 5) is 23.3. The first-order valence-corrected chi connectivity index (χ1v) is 7.86. The fraction of sp³-hybridized carbons (Fsp3) is 0.312. The third kappa shape index (κ3) is 2.58. The number of benzene rings is 1. The molecular weight excluding hydrogens is 326 g/mol. The Bertz CT molecular complexity index is 968. The number of H-pyrrole nitrogens is 1. The molecule has 1 saturated heterocycles. The van der Waals surface area contributed by atoms with Gasteiger partial charge in [0, 0.05) is 12.0 Å². The molecule has 1 aliphatic rings. The molecule has 0 saturated carbocycles. The highest BCUT2D eigenvalue weighted by Gasteiger charge is 2.37. The van der Waals surface area contributed by atoms with E-state index < -0.39 is 24.0 Å². The molecular formula is C16H17N5O4. The molecule has 1 fully saturated rings. The Morgan fingerprint density at radius 2 is 2.08 bits per heavy atom. The van der Waals surface area contributed by atoms with Crippen molar-refractivity contribution in [2.45, 2.75) is 24.9 Å². The van der Waals surface area contributed by atoms with Crippen molar-refractivity contribution in [2.75, 3.05) is 12.3 Å². The first-order chi connectivity index (χ1) is 12.1. The number of nitrogen functional groups attached to an aromatic ring is 1. The van der Waals surface area contributed by atoms with Crippen molar-refractivity contribution in [2.24, 2.45) is 0 Å². The van der Waals surface area contributed by atoms with Crippen LogP contribution in [0.5, 0.6) is 0 Å². The van der Waals surface area contributed by atoms with Gasteiger partial charge in [0.1, 0.15) is 18.2 Å². The van der Waals surface area contributed by atoms with E-state index in [9.17, 15) is 15.0 Å². The topological polar surface area (TPSA) is 139 Å². The number of imidazole rings is 1. The molecule has 3 aromatic rings. The lowest BCUT2D eigenvalue weighted by Crippen LogP contribution is -2.24. The van der Waals surface area contributed by atoms with Crippen LogP contribution in [0.3, 0.4) is 0 Å². The predicted octanol–water partition coefficient (Wildman–Crippen LogP) is 0.00950. The van der Waals surface area contributed by atoms with E-state index in [0.29, 0.717) is 5.82 Å². The summed E-state index contributed by atoms with van der Waals surface area (Å²) in [6.07, 6.45) is -1.91. The summed E-state index contributed by atoms with van der Waals surface area (Å²) in [5, 5.41) is 19.4. The zero-order chi connectivity index (χ0) is 17.6. The highest BCUT2D eigenvalue weighted by Crippen LogP contribution is 2.34. The van der Waals surface area contributed by atoms with Crippen LogP contribution in [0.1, 0.15) is 12.6 Å². The summed E-state index contributed by atoms with van der Waals surface area (Å²) >= 11 is 0. The molecule has 25 heavy (non-hydrogen) atoms. The van der Waals surface area contributed by atoms with Crippen molar-refractivity contribution in [3.8, 4) is 11.4 Å². The maximum Gasteiger partial charge on any atom is 0.280 e. The van der Waals surface area contributed by atoms with Crippen molar-refractivity contribution >= 4 is 17.1 Å². The summed E-state index contributed by atoms with van der Waals surface area (Å²) in [5.74, 6) is 0.450. The predicted molar refractivity (Wildman–Crippen MR) is 89.6 cm³/mol. The van der Waals surface area contributed by atoms with Gasteiger partial charge in [-0.15, -0.1) is 0 Å². The standard InChI is InChI=1S/C16H17N5O4/c17-16-19-14-12(15(24)20-16)18-13(8-4-2-1-3-5-8)21(14)11-6-9(23)10(7-22)25-11/h1-5,9-11,22-23H,6-7H2,(H3,17,19,20,24). The summed E-state index contributed by atoms with van der Waals surface area (Å²) < 4.78 is 7.40. The van der Waals surface area contributed by atoms with Crippen LogP contribution in [0.4, 0.5) is 5.95 Å². The molecule has 4 rings (SSSR count). The number of nitrogens with one attached hydrogen (secondary N) is 1. The molecule has 1 aliphatic heterocycles. The third-order valence-electron chi connectivity index (χ3n) is 4.27. The minimum atomic E-state index is -0.824. The fourth-order valence-electron chi connectivity index (χ4n) is 3.10. The Morgan fingerprint density at radius 1 is 1.32 bits per heavy atom. The van der Waals surface area contributed by atoms with Gasteiger partial charge < -0.3 is 20.7 Å². The molecule has 9 nitrogen and oxygen atoms in total. The molecule has 9 heteroatoms. The SMILES string of the molecule is Nc1nc2c(nc(-c3ccccc3)n2C2CC(O)C(CO)O2)c(=O)[nH]1. The molecule has 130 valence electrons. The summed E-state index contributed by atoms with van der Waals surface area (Å²) in [5.41, 5.74) is 6.41. The Morgan fingerprint density at radius 3 is 2.76 bits per heavy atom. The van der Waals surface area contributed by atoms with E-state index in [2.05, 4.69) is 15.0 Å². The zero-order valence-electron chi connectivity index (χ0n) is 13.2. The van der Waals surface area contributed by atoms with Crippen LogP contribution < -0.4 is 11.3 Å². The number of aromatic nitrogens is 4. The highest BCUT2D eigenvalue weighted by atomic mass is 16.5. The molecule has 5 N–H and O–H groups in total. The van der Waals surface area contributed by atoms with E-state index in [1.807, 2.05) is 30.3 Å². The lowest BCUT2D eigenvalue weighted by Gasteiger charge is -2.16. The molecule has 0 aliphatic carbocycles. The van der Waals surface area contributed by atoms with Gasteiger partial charge in [-0.2, -0.15) is 4.98 Å². The number of ether oxygens (including phenoxy) is 1. The first-order valence-electron chi connectivity index (χ1n) is 7.86. The molecule has 0 bridgehead atoms. The van der Waals surface area contributed by atoms with Crippen molar-refractivity contribution in [1.82, 2.24) is 19.5 Å². The number of hydrogen-bond acceptors (Lipinski definition) is 7. The second-order valence-corrected chi connectivity index (χ2v) is 5.91. The smallest absolute Gasteiger partial charge is 0.280 e. The summed E-state index contributed by atoms with van der Waals surface area (Å²) in [7, 11) is 0. The molecule has 2 aromatic heterocycles. The minimum Gasteiger partial charge on any atom is -0.394 e. The van der Waals surface area contributed by atoms with E-state index in [-0.39, 0.29) is 30.1 Å². The first kappa shape index (κ1) is 15.8. The molecule has 3 atom stereocenters. The normalized spacial score (nSPS) is 23.4. The minimum absolute atomic E-state index is 0.0319. The van der Waals surface area contributed by atoms with Crippen molar-refractivity contribution in [3.63, 3.8) is 0 Å². The van der Waals surface area contributed by atoms with Crippen LogP contribution in [0, 0.1) is 0 Å². The number of aliphatic hydroxyl groups is 2. The Balaban J connectivity index is 1.96. The average molecular weight is 343 g/mol. The van der Waals surface area contributed by atoms with Crippen molar-refractivity contribution in [1.29, 1.82) is 0 Å². The van der Waals surface area contributed by atoms with E-state index in [0.717, 1.165) is 5.56 Å². The second kappa shape index (κ2) is 5.96. The van der Waals surface area contributed by atoms with Gasteiger partial charge in [-0.1, -0.05) is 30.3 Å². The Hall–Kier alpha value is -2.75. The fourth-order valence-corrected chi connectivity index (χ4v) is 3.10. The van der Waals surface area contributed by atoms with Crippen molar-refractivity contribution in [3.05, 3.63) is 40.7 Å². The number of nitrogens with two attached hydrogens (primary N) is 1. The van der Waals surface area contributed by atoms with Gasteiger partial charge in [0.05, 0.1) is 12.7 Å².